The molecule has 0 aromatic carbocycles. The number of rotatable bonds is 9. The number of ether oxygens (including phenoxy) is 2. The Morgan fingerprint density at radius 2 is 2.07 bits per heavy atom. The molecule has 0 atom stereocenters. The number of nitrogens with one attached hydrogen (secondary N) is 1. The van der Waals surface area contributed by atoms with Crippen LogP contribution in [0.5, 0.6) is 0 Å². The second kappa shape index (κ2) is 8.44. The van der Waals surface area contributed by atoms with Crippen LogP contribution >= 0.6 is 0 Å². The monoisotopic (exact) mass is 212 g/mol. The summed E-state index contributed by atoms with van der Waals surface area (Å²) in [6, 6.07) is 0. The van der Waals surface area contributed by atoms with Gasteiger partial charge in [-0.1, -0.05) is 0 Å². The Balaban J connectivity index is 1.81. The minimum absolute atomic E-state index is 0.703. The van der Waals surface area contributed by atoms with Crippen LogP contribution in [0.25, 0.3) is 0 Å². The Kier molecular flexibility index (Phi) is 6.86. The van der Waals surface area contributed by atoms with Crippen LogP contribution in [-0.4, -0.2) is 36.4 Å². The lowest BCUT2D eigenvalue weighted by Gasteiger charge is -2.03. The van der Waals surface area contributed by atoms with E-state index in [1.165, 1.54) is 0 Å². The molecule has 0 unspecified atom stereocenters. The molecule has 0 fully saturated rings. The molecule has 0 saturated heterocycles. The van der Waals surface area contributed by atoms with E-state index in [1.54, 1.807) is 6.20 Å². The fraction of sp³-hybridized carbons (Fsp3) is 0.727. The van der Waals surface area contributed by atoms with Crippen molar-refractivity contribution in [3.8, 4) is 0 Å². The zero-order chi connectivity index (χ0) is 10.8. The number of aromatic nitrogens is 2. The summed E-state index contributed by atoms with van der Waals surface area (Å²) in [7, 11) is 0. The molecular weight excluding hydrogens is 192 g/mol. The lowest BCUT2D eigenvalue weighted by atomic mass is 10.2. The third-order valence-electron chi connectivity index (χ3n) is 2.08. The van der Waals surface area contributed by atoms with Crippen molar-refractivity contribution < 1.29 is 9.47 Å². The van der Waals surface area contributed by atoms with Crippen LogP contribution in [0.15, 0.2) is 12.4 Å². The van der Waals surface area contributed by atoms with E-state index in [4.69, 9.17) is 9.47 Å². The number of aryl methyl sites for hydroxylation is 1. The summed E-state index contributed by atoms with van der Waals surface area (Å²) in [6.07, 6.45) is 6.83. The second-order valence-corrected chi connectivity index (χ2v) is 3.30. The Morgan fingerprint density at radius 1 is 1.20 bits per heavy atom. The fourth-order valence-electron chi connectivity index (χ4n) is 1.30. The van der Waals surface area contributed by atoms with Gasteiger partial charge in [-0.3, -0.25) is 0 Å². The van der Waals surface area contributed by atoms with Crippen molar-refractivity contribution in [1.29, 1.82) is 0 Å². The van der Waals surface area contributed by atoms with Crippen molar-refractivity contribution in [3.63, 3.8) is 0 Å². The molecule has 0 aliphatic rings. The SMILES string of the molecule is CCOCCOCCCCc1ncc[nH]1. The number of nitrogens with zero attached hydrogens (tertiary/aromatic N) is 1. The second-order valence-electron chi connectivity index (χ2n) is 3.30. The third-order valence-corrected chi connectivity index (χ3v) is 2.08. The molecule has 0 radical (unpaired) electrons. The Morgan fingerprint density at radius 3 is 2.80 bits per heavy atom. The zero-order valence-electron chi connectivity index (χ0n) is 9.37. The molecule has 0 saturated carbocycles. The van der Waals surface area contributed by atoms with Gasteiger partial charge in [0.25, 0.3) is 0 Å². The van der Waals surface area contributed by atoms with Gasteiger partial charge in [0.1, 0.15) is 5.82 Å². The Labute approximate surface area is 91.0 Å². The number of aromatic amines is 1. The van der Waals surface area contributed by atoms with Crippen LogP contribution in [0.4, 0.5) is 0 Å². The van der Waals surface area contributed by atoms with Crippen molar-refractivity contribution in [2.75, 3.05) is 26.4 Å². The van der Waals surface area contributed by atoms with E-state index in [0.29, 0.717) is 13.2 Å². The number of H-pyrrole nitrogens is 1. The summed E-state index contributed by atoms with van der Waals surface area (Å²) in [5.41, 5.74) is 0. The quantitative estimate of drug-likeness (QED) is 0.635. The van der Waals surface area contributed by atoms with Crippen molar-refractivity contribution in [3.05, 3.63) is 18.2 Å². The minimum Gasteiger partial charge on any atom is -0.379 e. The number of hydrogen-bond acceptors (Lipinski definition) is 3. The lowest BCUT2D eigenvalue weighted by molar-refractivity contribution is 0.0514. The predicted octanol–water partition coefficient (Wildman–Crippen LogP) is 1.79. The van der Waals surface area contributed by atoms with Crippen LogP contribution in [0, 0.1) is 0 Å². The standard InChI is InChI=1S/C11H20N2O2/c1-2-14-9-10-15-8-4-3-5-11-12-6-7-13-11/h6-7H,2-5,8-10H2,1H3,(H,12,13). The first-order valence-electron chi connectivity index (χ1n) is 5.57. The molecule has 4 heteroatoms. The summed E-state index contributed by atoms with van der Waals surface area (Å²) >= 11 is 0. The van der Waals surface area contributed by atoms with Gasteiger partial charge in [0.15, 0.2) is 0 Å². The van der Waals surface area contributed by atoms with Crippen LogP contribution in [0.3, 0.4) is 0 Å². The largest absolute Gasteiger partial charge is 0.379 e. The first-order valence-corrected chi connectivity index (χ1v) is 5.57. The van der Waals surface area contributed by atoms with Gasteiger partial charge in [-0.15, -0.1) is 0 Å². The molecule has 1 heterocycles. The van der Waals surface area contributed by atoms with E-state index in [2.05, 4.69) is 9.97 Å². The zero-order valence-corrected chi connectivity index (χ0v) is 9.37. The molecule has 1 rings (SSSR count). The molecule has 0 aliphatic carbocycles. The van der Waals surface area contributed by atoms with E-state index in [9.17, 15) is 0 Å². The summed E-state index contributed by atoms with van der Waals surface area (Å²) in [6.45, 7) is 4.97. The highest BCUT2D eigenvalue weighted by Crippen LogP contribution is 1.98. The van der Waals surface area contributed by atoms with Gasteiger partial charge in [0.05, 0.1) is 13.2 Å². The average Bonchev–Trinajstić information content (AvgIpc) is 2.75. The summed E-state index contributed by atoms with van der Waals surface area (Å²) in [4.78, 5) is 7.24. The molecule has 1 aromatic heterocycles. The minimum atomic E-state index is 0.703. The number of hydrogen-bond donors (Lipinski definition) is 1. The molecule has 1 aromatic rings. The number of imidazole rings is 1. The predicted molar refractivity (Wildman–Crippen MR) is 58.8 cm³/mol. The van der Waals surface area contributed by atoms with E-state index >= 15 is 0 Å². The van der Waals surface area contributed by atoms with Gasteiger partial charge in [-0.05, 0) is 19.8 Å². The van der Waals surface area contributed by atoms with E-state index in [-0.39, 0.29) is 0 Å². The molecule has 0 amide bonds. The fourth-order valence-corrected chi connectivity index (χ4v) is 1.30. The van der Waals surface area contributed by atoms with Gasteiger partial charge in [-0.25, -0.2) is 4.98 Å². The molecule has 86 valence electrons. The normalized spacial score (nSPS) is 10.7. The highest BCUT2D eigenvalue weighted by Gasteiger charge is 1.94. The van der Waals surface area contributed by atoms with Gasteiger partial charge < -0.3 is 14.5 Å². The lowest BCUT2D eigenvalue weighted by Crippen LogP contribution is -2.05. The van der Waals surface area contributed by atoms with Gasteiger partial charge >= 0.3 is 0 Å². The maximum Gasteiger partial charge on any atom is 0.105 e. The molecule has 0 bridgehead atoms. The smallest absolute Gasteiger partial charge is 0.105 e. The van der Waals surface area contributed by atoms with Crippen LogP contribution in [0.1, 0.15) is 25.6 Å². The Hall–Kier alpha value is -0.870. The van der Waals surface area contributed by atoms with E-state index in [0.717, 1.165) is 38.3 Å². The molecule has 0 aliphatic heterocycles. The molecule has 0 spiro atoms. The first kappa shape index (κ1) is 12.2. The van der Waals surface area contributed by atoms with Crippen molar-refractivity contribution in [1.82, 2.24) is 9.97 Å². The van der Waals surface area contributed by atoms with Gasteiger partial charge in [-0.2, -0.15) is 0 Å². The highest BCUT2D eigenvalue weighted by molar-refractivity contribution is 4.86. The van der Waals surface area contributed by atoms with Gasteiger partial charge in [0.2, 0.25) is 0 Å². The van der Waals surface area contributed by atoms with Gasteiger partial charge in [0, 0.05) is 32.0 Å². The van der Waals surface area contributed by atoms with Crippen LogP contribution < -0.4 is 0 Å². The van der Waals surface area contributed by atoms with Crippen molar-refractivity contribution in [2.45, 2.75) is 26.2 Å². The summed E-state index contributed by atoms with van der Waals surface area (Å²) in [5.74, 6) is 1.06. The molecule has 15 heavy (non-hydrogen) atoms. The van der Waals surface area contributed by atoms with Crippen molar-refractivity contribution >= 4 is 0 Å². The average molecular weight is 212 g/mol. The maximum absolute atomic E-state index is 5.40. The summed E-state index contributed by atoms with van der Waals surface area (Å²) < 4.78 is 10.6. The molecule has 4 nitrogen and oxygen atoms in total. The third kappa shape index (κ3) is 6.25. The van der Waals surface area contributed by atoms with Crippen LogP contribution in [0.2, 0.25) is 0 Å². The molecule has 1 N–H and O–H groups in total. The van der Waals surface area contributed by atoms with E-state index < -0.39 is 0 Å². The van der Waals surface area contributed by atoms with E-state index in [1.807, 2.05) is 13.1 Å². The molecular formula is C11H20N2O2. The first-order chi connectivity index (χ1) is 7.43. The topological polar surface area (TPSA) is 47.1 Å². The van der Waals surface area contributed by atoms with Crippen LogP contribution in [-0.2, 0) is 15.9 Å². The number of unbranched alkanes of at least 4 members (excludes halogenated alkanes) is 1. The Bertz CT molecular complexity index is 225. The highest BCUT2D eigenvalue weighted by atomic mass is 16.5. The summed E-state index contributed by atoms with van der Waals surface area (Å²) in [5, 5.41) is 0. The maximum atomic E-state index is 5.40. The van der Waals surface area contributed by atoms with Crippen molar-refractivity contribution in [2.24, 2.45) is 0 Å².